The van der Waals surface area contributed by atoms with Crippen LogP contribution in [0.4, 0.5) is 0 Å². The van der Waals surface area contributed by atoms with Crippen molar-refractivity contribution in [3.05, 3.63) is 64.6 Å². The fourth-order valence-electron chi connectivity index (χ4n) is 2.05. The van der Waals surface area contributed by atoms with Crippen LogP contribution in [0.15, 0.2) is 53.3 Å². The molecule has 0 bridgehead atoms. The smallest absolute Gasteiger partial charge is 0.326 e. The van der Waals surface area contributed by atoms with Crippen LogP contribution in [0, 0.1) is 0 Å². The first-order valence-corrected chi connectivity index (χ1v) is 6.09. The van der Waals surface area contributed by atoms with Gasteiger partial charge in [0, 0.05) is 13.1 Å². The highest BCUT2D eigenvalue weighted by Crippen LogP contribution is 2.19. The summed E-state index contributed by atoms with van der Waals surface area (Å²) in [5.74, 6) is 0.748. The molecule has 1 heterocycles. The first-order chi connectivity index (χ1) is 9.24. The fraction of sp³-hybridized carbons (Fsp3) is 0.133. The molecule has 0 radical (unpaired) electrons. The molecule has 1 N–H and O–H groups in total. The minimum Gasteiger partial charge on any atom is -0.489 e. The Morgan fingerprint density at radius 1 is 1.16 bits per heavy atom. The van der Waals surface area contributed by atoms with Crippen LogP contribution in [-0.2, 0) is 13.7 Å². The van der Waals surface area contributed by atoms with Crippen molar-refractivity contribution in [2.45, 2.75) is 6.61 Å². The zero-order valence-electron chi connectivity index (χ0n) is 10.6. The molecule has 0 aliphatic rings. The second kappa shape index (κ2) is 4.65. The Balaban J connectivity index is 1.84. The molecule has 4 heteroatoms. The second-order valence-corrected chi connectivity index (χ2v) is 4.44. The zero-order valence-corrected chi connectivity index (χ0v) is 10.6. The lowest BCUT2D eigenvalue weighted by Crippen LogP contribution is -2.11. The van der Waals surface area contributed by atoms with E-state index in [4.69, 9.17) is 4.74 Å². The highest BCUT2D eigenvalue weighted by atomic mass is 16.5. The SMILES string of the molecule is Cn1c(=O)[nH]c2cc(OCc3ccccc3)ccc21. The summed E-state index contributed by atoms with van der Waals surface area (Å²) >= 11 is 0. The number of imidazole rings is 1. The van der Waals surface area contributed by atoms with Crippen molar-refractivity contribution in [2.24, 2.45) is 7.05 Å². The molecule has 2 aromatic carbocycles. The molecule has 19 heavy (non-hydrogen) atoms. The van der Waals surface area contributed by atoms with Gasteiger partial charge < -0.3 is 9.72 Å². The summed E-state index contributed by atoms with van der Waals surface area (Å²) in [5.41, 5.74) is 2.66. The van der Waals surface area contributed by atoms with Crippen molar-refractivity contribution in [1.82, 2.24) is 9.55 Å². The van der Waals surface area contributed by atoms with Crippen molar-refractivity contribution in [3.8, 4) is 5.75 Å². The van der Waals surface area contributed by atoms with Crippen LogP contribution in [0.1, 0.15) is 5.56 Å². The lowest BCUT2D eigenvalue weighted by Gasteiger charge is -2.06. The van der Waals surface area contributed by atoms with Crippen LogP contribution in [0.5, 0.6) is 5.75 Å². The lowest BCUT2D eigenvalue weighted by molar-refractivity contribution is 0.306. The van der Waals surface area contributed by atoms with E-state index in [1.165, 1.54) is 0 Å². The first kappa shape index (κ1) is 11.6. The monoisotopic (exact) mass is 254 g/mol. The maximum Gasteiger partial charge on any atom is 0.326 e. The maximum absolute atomic E-state index is 11.5. The van der Waals surface area contributed by atoms with Gasteiger partial charge in [-0.3, -0.25) is 4.57 Å². The summed E-state index contributed by atoms with van der Waals surface area (Å²) in [4.78, 5) is 14.3. The number of H-pyrrole nitrogens is 1. The van der Waals surface area contributed by atoms with Gasteiger partial charge in [-0.25, -0.2) is 4.79 Å². The van der Waals surface area contributed by atoms with Crippen molar-refractivity contribution < 1.29 is 4.74 Å². The molecule has 0 atom stereocenters. The van der Waals surface area contributed by atoms with Gasteiger partial charge in [0.25, 0.3) is 0 Å². The van der Waals surface area contributed by atoms with Gasteiger partial charge in [-0.2, -0.15) is 0 Å². The molecule has 3 aromatic rings. The first-order valence-electron chi connectivity index (χ1n) is 6.09. The van der Waals surface area contributed by atoms with Crippen LogP contribution in [0.3, 0.4) is 0 Å². The summed E-state index contributed by atoms with van der Waals surface area (Å²) in [6.45, 7) is 0.517. The van der Waals surface area contributed by atoms with Crippen LogP contribution >= 0.6 is 0 Å². The average Bonchev–Trinajstić information content (AvgIpc) is 2.73. The van der Waals surface area contributed by atoms with E-state index in [-0.39, 0.29) is 5.69 Å². The molecule has 3 rings (SSSR count). The van der Waals surface area contributed by atoms with Gasteiger partial charge in [-0.1, -0.05) is 30.3 Å². The minimum atomic E-state index is -0.116. The van der Waals surface area contributed by atoms with Crippen LogP contribution in [0.25, 0.3) is 11.0 Å². The number of aromatic amines is 1. The Kier molecular flexibility index (Phi) is 2.83. The molecule has 0 spiro atoms. The van der Waals surface area contributed by atoms with Gasteiger partial charge >= 0.3 is 5.69 Å². The third kappa shape index (κ3) is 2.25. The Labute approximate surface area is 110 Å². The van der Waals surface area contributed by atoms with Crippen LogP contribution in [-0.4, -0.2) is 9.55 Å². The Morgan fingerprint density at radius 3 is 2.74 bits per heavy atom. The normalized spacial score (nSPS) is 10.8. The average molecular weight is 254 g/mol. The van der Waals surface area contributed by atoms with E-state index in [1.807, 2.05) is 48.5 Å². The maximum atomic E-state index is 11.5. The number of hydrogen-bond donors (Lipinski definition) is 1. The molecule has 0 aliphatic carbocycles. The van der Waals surface area contributed by atoms with Gasteiger partial charge in [0.15, 0.2) is 0 Å². The summed E-state index contributed by atoms with van der Waals surface area (Å²) in [6, 6.07) is 15.6. The number of rotatable bonds is 3. The molecule has 0 saturated heterocycles. The molecule has 4 nitrogen and oxygen atoms in total. The highest BCUT2D eigenvalue weighted by Gasteiger charge is 2.04. The van der Waals surface area contributed by atoms with Crippen molar-refractivity contribution >= 4 is 11.0 Å². The summed E-state index contributed by atoms with van der Waals surface area (Å²) in [7, 11) is 1.74. The van der Waals surface area contributed by atoms with Gasteiger partial charge in [0.05, 0.1) is 11.0 Å². The molecule has 96 valence electrons. The second-order valence-electron chi connectivity index (χ2n) is 4.44. The minimum absolute atomic E-state index is 0.116. The molecule has 0 unspecified atom stereocenters. The summed E-state index contributed by atoms with van der Waals surface area (Å²) in [6.07, 6.45) is 0. The van der Waals surface area contributed by atoms with Crippen LogP contribution in [0.2, 0.25) is 0 Å². The Bertz CT molecular complexity index is 757. The van der Waals surface area contributed by atoms with E-state index in [0.717, 1.165) is 22.3 Å². The van der Waals surface area contributed by atoms with Crippen molar-refractivity contribution in [1.29, 1.82) is 0 Å². The topological polar surface area (TPSA) is 47.0 Å². The molecule has 1 aromatic heterocycles. The predicted molar refractivity (Wildman–Crippen MR) is 74.3 cm³/mol. The summed E-state index contributed by atoms with van der Waals surface area (Å²) < 4.78 is 7.30. The van der Waals surface area contributed by atoms with Crippen molar-refractivity contribution in [3.63, 3.8) is 0 Å². The van der Waals surface area contributed by atoms with E-state index >= 15 is 0 Å². The van der Waals surface area contributed by atoms with E-state index in [2.05, 4.69) is 4.98 Å². The quantitative estimate of drug-likeness (QED) is 0.780. The van der Waals surface area contributed by atoms with Gasteiger partial charge in [-0.15, -0.1) is 0 Å². The molecule has 0 aliphatic heterocycles. The lowest BCUT2D eigenvalue weighted by atomic mass is 10.2. The molecule has 0 amide bonds. The van der Waals surface area contributed by atoms with Crippen molar-refractivity contribution in [2.75, 3.05) is 0 Å². The number of nitrogens with one attached hydrogen (secondary N) is 1. The van der Waals surface area contributed by atoms with Crippen LogP contribution < -0.4 is 10.4 Å². The predicted octanol–water partition coefficient (Wildman–Crippen LogP) is 2.45. The van der Waals surface area contributed by atoms with E-state index in [9.17, 15) is 4.79 Å². The standard InChI is InChI=1S/C15H14N2O2/c1-17-14-8-7-12(9-13(14)16-15(17)18)19-10-11-5-3-2-4-6-11/h2-9H,10H2,1H3,(H,16,18). The van der Waals surface area contributed by atoms with E-state index in [0.29, 0.717) is 6.61 Å². The number of aromatic nitrogens is 2. The third-order valence-corrected chi connectivity index (χ3v) is 3.12. The fourth-order valence-corrected chi connectivity index (χ4v) is 2.05. The van der Waals surface area contributed by atoms with Gasteiger partial charge in [0.2, 0.25) is 0 Å². The number of nitrogens with zero attached hydrogens (tertiary/aromatic N) is 1. The number of hydrogen-bond acceptors (Lipinski definition) is 2. The van der Waals surface area contributed by atoms with Gasteiger partial charge in [-0.05, 0) is 17.7 Å². The van der Waals surface area contributed by atoms with E-state index in [1.54, 1.807) is 11.6 Å². The Morgan fingerprint density at radius 2 is 1.95 bits per heavy atom. The molecule has 0 saturated carbocycles. The zero-order chi connectivity index (χ0) is 13.2. The summed E-state index contributed by atoms with van der Waals surface area (Å²) in [5, 5.41) is 0. The molecule has 0 fully saturated rings. The number of ether oxygens (including phenoxy) is 1. The number of fused-ring (bicyclic) bond motifs is 1. The molecular formula is C15H14N2O2. The largest absolute Gasteiger partial charge is 0.489 e. The highest BCUT2D eigenvalue weighted by molar-refractivity contribution is 5.76. The van der Waals surface area contributed by atoms with E-state index < -0.39 is 0 Å². The number of benzene rings is 2. The number of aryl methyl sites for hydroxylation is 1. The Hall–Kier alpha value is -2.49. The van der Waals surface area contributed by atoms with Gasteiger partial charge in [0.1, 0.15) is 12.4 Å². The third-order valence-electron chi connectivity index (χ3n) is 3.12. The molecular weight excluding hydrogens is 240 g/mol.